The monoisotopic (exact) mass is 379 g/mol. The molecular weight excluding hydrogens is 366 g/mol. The van der Waals surface area contributed by atoms with Crippen LogP contribution in [0.3, 0.4) is 0 Å². The minimum absolute atomic E-state index is 0.0255. The first kappa shape index (κ1) is 18.6. The van der Waals surface area contributed by atoms with Gasteiger partial charge in [-0.1, -0.05) is 30.3 Å². The minimum atomic E-state index is -0.791. The van der Waals surface area contributed by atoms with E-state index in [-0.39, 0.29) is 12.1 Å². The van der Waals surface area contributed by atoms with Gasteiger partial charge in [-0.05, 0) is 6.07 Å². The number of aromatic nitrogens is 2. The van der Waals surface area contributed by atoms with Crippen molar-refractivity contribution >= 4 is 17.3 Å². The van der Waals surface area contributed by atoms with Gasteiger partial charge in [-0.3, -0.25) is 25.0 Å². The van der Waals surface area contributed by atoms with Crippen LogP contribution in [0.15, 0.2) is 60.9 Å². The zero-order valence-corrected chi connectivity index (χ0v) is 14.3. The van der Waals surface area contributed by atoms with Gasteiger partial charge in [0.25, 0.3) is 17.3 Å². The molecule has 1 aromatic heterocycles. The number of carbonyl (C=O) groups excluding carboxylic acids is 1. The molecule has 0 unspecified atom stereocenters. The van der Waals surface area contributed by atoms with E-state index in [0.717, 1.165) is 23.8 Å². The summed E-state index contributed by atoms with van der Waals surface area (Å²) in [5.74, 6) is -0.688. The van der Waals surface area contributed by atoms with Gasteiger partial charge < -0.3 is 5.32 Å². The third-order valence-corrected chi connectivity index (χ3v) is 3.81. The van der Waals surface area contributed by atoms with Crippen molar-refractivity contribution in [1.82, 2.24) is 15.3 Å². The van der Waals surface area contributed by atoms with Gasteiger partial charge in [0.2, 0.25) is 0 Å². The molecule has 10 heteroatoms. The smallest absolute Gasteiger partial charge is 0.277 e. The van der Waals surface area contributed by atoms with E-state index in [9.17, 15) is 25.0 Å². The van der Waals surface area contributed by atoms with Crippen LogP contribution in [-0.4, -0.2) is 25.7 Å². The molecule has 0 saturated carbocycles. The van der Waals surface area contributed by atoms with E-state index < -0.39 is 27.1 Å². The van der Waals surface area contributed by atoms with Crippen LogP contribution >= 0.6 is 0 Å². The highest BCUT2D eigenvalue weighted by molar-refractivity contribution is 5.95. The van der Waals surface area contributed by atoms with E-state index in [1.54, 1.807) is 6.07 Å². The molecule has 0 bridgehead atoms. The molecule has 0 fully saturated rings. The quantitative estimate of drug-likeness (QED) is 0.512. The summed E-state index contributed by atoms with van der Waals surface area (Å²) < 4.78 is 0. The predicted octanol–water partition coefficient (Wildman–Crippen LogP) is 2.89. The van der Waals surface area contributed by atoms with E-state index in [1.165, 1.54) is 6.33 Å². The fourth-order valence-corrected chi connectivity index (χ4v) is 2.47. The van der Waals surface area contributed by atoms with E-state index in [0.29, 0.717) is 11.4 Å². The number of non-ortho nitro benzene ring substituents is 2. The number of hydrogen-bond acceptors (Lipinski definition) is 7. The Morgan fingerprint density at radius 2 is 1.57 bits per heavy atom. The first-order valence-electron chi connectivity index (χ1n) is 8.02. The van der Waals surface area contributed by atoms with Crippen LogP contribution in [0.2, 0.25) is 0 Å². The molecule has 3 rings (SSSR count). The van der Waals surface area contributed by atoms with Crippen molar-refractivity contribution in [3.63, 3.8) is 0 Å². The topological polar surface area (TPSA) is 141 Å². The Bertz CT molecular complexity index is 1020. The normalized spacial score (nSPS) is 10.3. The number of nitro groups is 2. The van der Waals surface area contributed by atoms with Gasteiger partial charge in [-0.15, -0.1) is 0 Å². The second-order valence-electron chi connectivity index (χ2n) is 5.70. The average molecular weight is 379 g/mol. The molecule has 0 saturated heterocycles. The molecule has 0 radical (unpaired) electrons. The summed E-state index contributed by atoms with van der Waals surface area (Å²) in [5.41, 5.74) is 0.818. The lowest BCUT2D eigenvalue weighted by Gasteiger charge is -2.07. The van der Waals surface area contributed by atoms with E-state index in [1.807, 2.05) is 30.3 Å². The van der Waals surface area contributed by atoms with Crippen LogP contribution in [-0.2, 0) is 6.54 Å². The molecule has 1 heterocycles. The van der Waals surface area contributed by atoms with Gasteiger partial charge >= 0.3 is 0 Å². The summed E-state index contributed by atoms with van der Waals surface area (Å²) in [6, 6.07) is 13.8. The Morgan fingerprint density at radius 1 is 0.929 bits per heavy atom. The predicted molar refractivity (Wildman–Crippen MR) is 98.4 cm³/mol. The summed E-state index contributed by atoms with van der Waals surface area (Å²) in [5, 5.41) is 24.4. The van der Waals surface area contributed by atoms with Crippen LogP contribution < -0.4 is 5.32 Å². The van der Waals surface area contributed by atoms with Gasteiger partial charge in [0.05, 0.1) is 39.4 Å². The lowest BCUT2D eigenvalue weighted by molar-refractivity contribution is -0.394. The average Bonchev–Trinajstić information content (AvgIpc) is 2.72. The molecule has 1 amide bonds. The molecule has 1 N–H and O–H groups in total. The van der Waals surface area contributed by atoms with Gasteiger partial charge in [0, 0.05) is 17.7 Å². The zero-order valence-electron chi connectivity index (χ0n) is 14.3. The maximum atomic E-state index is 12.3. The number of carbonyl (C=O) groups is 1. The first-order valence-corrected chi connectivity index (χ1v) is 8.02. The van der Waals surface area contributed by atoms with Crippen molar-refractivity contribution in [3.05, 3.63) is 92.4 Å². The Morgan fingerprint density at radius 3 is 2.18 bits per heavy atom. The Labute approximate surface area is 158 Å². The second kappa shape index (κ2) is 7.99. The number of benzene rings is 2. The number of nitrogens with zero attached hydrogens (tertiary/aromatic N) is 4. The van der Waals surface area contributed by atoms with Gasteiger partial charge in [-0.25, -0.2) is 9.97 Å². The molecule has 28 heavy (non-hydrogen) atoms. The molecule has 0 aliphatic carbocycles. The molecule has 0 atom stereocenters. The van der Waals surface area contributed by atoms with Gasteiger partial charge in [0.1, 0.15) is 6.33 Å². The summed E-state index contributed by atoms with van der Waals surface area (Å²) in [7, 11) is 0. The molecule has 0 spiro atoms. The third kappa shape index (κ3) is 4.30. The Kier molecular flexibility index (Phi) is 5.30. The van der Waals surface area contributed by atoms with E-state index in [4.69, 9.17) is 0 Å². The lowest BCUT2D eigenvalue weighted by atomic mass is 10.1. The summed E-state index contributed by atoms with van der Waals surface area (Å²) in [4.78, 5) is 40.9. The van der Waals surface area contributed by atoms with E-state index >= 15 is 0 Å². The van der Waals surface area contributed by atoms with Crippen molar-refractivity contribution < 1.29 is 14.6 Å². The molecule has 10 nitrogen and oxygen atoms in total. The molecule has 0 aliphatic rings. The Hall–Kier alpha value is -4.21. The number of nitrogens with one attached hydrogen (secondary N) is 1. The van der Waals surface area contributed by atoms with Gasteiger partial charge in [-0.2, -0.15) is 0 Å². The second-order valence-corrected chi connectivity index (χ2v) is 5.70. The fourth-order valence-electron chi connectivity index (χ4n) is 2.47. The van der Waals surface area contributed by atoms with Crippen LogP contribution in [0.4, 0.5) is 11.4 Å². The number of nitro benzene ring substituents is 2. The first-order chi connectivity index (χ1) is 13.4. The summed E-state index contributed by atoms with van der Waals surface area (Å²) in [6.07, 6.45) is 1.36. The zero-order chi connectivity index (χ0) is 20.1. The molecule has 3 aromatic rings. The third-order valence-electron chi connectivity index (χ3n) is 3.81. The lowest BCUT2D eigenvalue weighted by Crippen LogP contribution is -2.23. The van der Waals surface area contributed by atoms with Crippen molar-refractivity contribution in [2.45, 2.75) is 6.54 Å². The molecule has 0 aliphatic heterocycles. The maximum Gasteiger partial charge on any atom is 0.277 e. The number of hydrogen-bond donors (Lipinski definition) is 1. The maximum absolute atomic E-state index is 12.3. The van der Waals surface area contributed by atoms with Crippen molar-refractivity contribution in [2.24, 2.45) is 0 Å². The fraction of sp³-hybridized carbons (Fsp3) is 0.0556. The summed E-state index contributed by atoms with van der Waals surface area (Å²) >= 11 is 0. The van der Waals surface area contributed by atoms with Crippen LogP contribution in [0.25, 0.3) is 11.3 Å². The van der Waals surface area contributed by atoms with Crippen LogP contribution in [0.5, 0.6) is 0 Å². The SMILES string of the molecule is O=C(NCc1cc(-c2ccccc2)ncn1)c1cc([N+](=O)[O-])cc([N+](=O)[O-])c1. The Balaban J connectivity index is 1.78. The van der Waals surface area contributed by atoms with E-state index in [2.05, 4.69) is 15.3 Å². The highest BCUT2D eigenvalue weighted by Crippen LogP contribution is 2.23. The summed E-state index contributed by atoms with van der Waals surface area (Å²) in [6.45, 7) is 0.0255. The number of rotatable bonds is 6. The highest BCUT2D eigenvalue weighted by atomic mass is 16.6. The highest BCUT2D eigenvalue weighted by Gasteiger charge is 2.19. The standard InChI is InChI=1S/C18H13N5O5/c24-18(13-6-15(22(25)26)9-16(7-13)23(27)28)19-10-14-8-17(21-11-20-14)12-4-2-1-3-5-12/h1-9,11H,10H2,(H,19,24). The van der Waals surface area contributed by atoms with Crippen molar-refractivity contribution in [1.29, 1.82) is 0 Å². The van der Waals surface area contributed by atoms with Gasteiger partial charge in [0.15, 0.2) is 0 Å². The molecular formula is C18H13N5O5. The molecule has 140 valence electrons. The molecule has 2 aromatic carbocycles. The minimum Gasteiger partial charge on any atom is -0.346 e. The largest absolute Gasteiger partial charge is 0.346 e. The van der Waals surface area contributed by atoms with Crippen molar-refractivity contribution in [2.75, 3.05) is 0 Å². The van der Waals surface area contributed by atoms with Crippen molar-refractivity contribution in [3.8, 4) is 11.3 Å². The van der Waals surface area contributed by atoms with Crippen LogP contribution in [0.1, 0.15) is 16.1 Å². The van der Waals surface area contributed by atoms with Crippen LogP contribution in [0, 0.1) is 20.2 Å². The number of amides is 1.